The van der Waals surface area contributed by atoms with E-state index in [0.29, 0.717) is 6.54 Å². The smallest absolute Gasteiger partial charge is 0.242 e. The third kappa shape index (κ3) is 4.21. The van der Waals surface area contributed by atoms with Crippen LogP contribution in [0.4, 0.5) is 0 Å². The van der Waals surface area contributed by atoms with Gasteiger partial charge in [0.15, 0.2) is 0 Å². The summed E-state index contributed by atoms with van der Waals surface area (Å²) >= 11 is 3.42. The van der Waals surface area contributed by atoms with Gasteiger partial charge in [0.2, 0.25) is 5.91 Å². The first kappa shape index (κ1) is 17.5. The standard InChI is InChI=1S/C15H21BrN2O.ClH/c1-15(9-3-4-10-17-15)14(19)18(2)11-12-5-7-13(16)8-6-12;/h5-8,17H,3-4,9-11H2,1-2H3;1H. The lowest BCUT2D eigenvalue weighted by atomic mass is 9.89. The predicted molar refractivity (Wildman–Crippen MR) is 88.1 cm³/mol. The number of hydrogen-bond acceptors (Lipinski definition) is 2. The fourth-order valence-corrected chi connectivity index (χ4v) is 2.86. The number of benzene rings is 1. The van der Waals surface area contributed by atoms with Crippen LogP contribution in [0, 0.1) is 0 Å². The molecule has 1 aromatic rings. The van der Waals surface area contributed by atoms with Gasteiger partial charge in [-0.05, 0) is 50.4 Å². The Morgan fingerprint density at radius 1 is 1.35 bits per heavy atom. The molecule has 1 N–H and O–H groups in total. The SMILES string of the molecule is CN(Cc1ccc(Br)cc1)C(=O)C1(C)CCCCN1.Cl. The first-order chi connectivity index (χ1) is 9.01. The molecule has 20 heavy (non-hydrogen) atoms. The molecule has 0 aromatic heterocycles. The number of nitrogens with zero attached hydrogens (tertiary/aromatic N) is 1. The lowest BCUT2D eigenvalue weighted by Gasteiger charge is -2.36. The maximum absolute atomic E-state index is 12.5. The van der Waals surface area contributed by atoms with Gasteiger partial charge in [-0.15, -0.1) is 12.4 Å². The van der Waals surface area contributed by atoms with Gasteiger partial charge in [-0.2, -0.15) is 0 Å². The monoisotopic (exact) mass is 360 g/mol. The molecule has 0 radical (unpaired) electrons. The molecule has 112 valence electrons. The Kier molecular flexibility index (Phi) is 6.49. The van der Waals surface area contributed by atoms with Crippen molar-refractivity contribution in [3.63, 3.8) is 0 Å². The van der Waals surface area contributed by atoms with Gasteiger partial charge in [-0.1, -0.05) is 28.1 Å². The van der Waals surface area contributed by atoms with Crippen LogP contribution in [0.25, 0.3) is 0 Å². The van der Waals surface area contributed by atoms with Crippen molar-refractivity contribution in [2.75, 3.05) is 13.6 Å². The Bertz CT molecular complexity index is 444. The van der Waals surface area contributed by atoms with E-state index in [2.05, 4.69) is 21.2 Å². The van der Waals surface area contributed by atoms with E-state index >= 15 is 0 Å². The second-order valence-electron chi connectivity index (χ2n) is 5.50. The number of carbonyl (C=O) groups is 1. The van der Waals surface area contributed by atoms with E-state index < -0.39 is 0 Å². The highest BCUT2D eigenvalue weighted by Crippen LogP contribution is 2.22. The van der Waals surface area contributed by atoms with Crippen LogP contribution >= 0.6 is 28.3 Å². The molecule has 1 heterocycles. The molecule has 2 rings (SSSR count). The molecule has 1 aliphatic heterocycles. The molecule has 1 unspecified atom stereocenters. The largest absolute Gasteiger partial charge is 0.340 e. The average Bonchev–Trinajstić information content (AvgIpc) is 2.41. The molecule has 1 aliphatic rings. The van der Waals surface area contributed by atoms with Gasteiger partial charge in [-0.3, -0.25) is 4.79 Å². The van der Waals surface area contributed by atoms with Crippen molar-refractivity contribution in [3.05, 3.63) is 34.3 Å². The molecule has 5 heteroatoms. The summed E-state index contributed by atoms with van der Waals surface area (Å²) in [6.07, 6.45) is 3.22. The number of carbonyl (C=O) groups excluding carboxylic acids is 1. The van der Waals surface area contributed by atoms with Crippen molar-refractivity contribution in [2.24, 2.45) is 0 Å². The van der Waals surface area contributed by atoms with E-state index in [-0.39, 0.29) is 23.9 Å². The van der Waals surface area contributed by atoms with Gasteiger partial charge >= 0.3 is 0 Å². The predicted octanol–water partition coefficient (Wildman–Crippen LogP) is 3.36. The number of piperidine rings is 1. The van der Waals surface area contributed by atoms with Crippen molar-refractivity contribution in [2.45, 2.75) is 38.3 Å². The minimum Gasteiger partial charge on any atom is -0.340 e. The van der Waals surface area contributed by atoms with E-state index in [0.717, 1.165) is 29.4 Å². The number of amides is 1. The zero-order chi connectivity index (χ0) is 13.9. The zero-order valence-electron chi connectivity index (χ0n) is 12.0. The summed E-state index contributed by atoms with van der Waals surface area (Å²) < 4.78 is 1.06. The number of likely N-dealkylation sites (N-methyl/N-ethyl adjacent to an activating group) is 1. The van der Waals surface area contributed by atoms with Crippen LogP contribution in [-0.4, -0.2) is 29.9 Å². The normalized spacial score (nSPS) is 21.9. The highest BCUT2D eigenvalue weighted by Gasteiger charge is 2.36. The quantitative estimate of drug-likeness (QED) is 0.895. The van der Waals surface area contributed by atoms with Crippen LogP contribution in [0.5, 0.6) is 0 Å². The van der Waals surface area contributed by atoms with Gasteiger partial charge in [0, 0.05) is 18.1 Å². The van der Waals surface area contributed by atoms with Crippen LogP contribution < -0.4 is 5.32 Å². The van der Waals surface area contributed by atoms with E-state index in [4.69, 9.17) is 0 Å². The number of halogens is 2. The lowest BCUT2D eigenvalue weighted by Crippen LogP contribution is -2.57. The number of rotatable bonds is 3. The minimum atomic E-state index is -0.387. The van der Waals surface area contributed by atoms with E-state index in [1.165, 1.54) is 6.42 Å². The van der Waals surface area contributed by atoms with E-state index in [9.17, 15) is 4.79 Å². The summed E-state index contributed by atoms with van der Waals surface area (Å²) in [7, 11) is 1.88. The van der Waals surface area contributed by atoms with Crippen molar-refractivity contribution < 1.29 is 4.79 Å². The molecule has 0 bridgehead atoms. The van der Waals surface area contributed by atoms with Gasteiger partial charge in [0.05, 0.1) is 5.54 Å². The van der Waals surface area contributed by atoms with E-state index in [1.54, 1.807) is 0 Å². The number of hydrogen-bond donors (Lipinski definition) is 1. The third-order valence-electron chi connectivity index (χ3n) is 3.77. The minimum absolute atomic E-state index is 0. The molecule has 0 saturated carbocycles. The summed E-state index contributed by atoms with van der Waals surface area (Å²) in [4.78, 5) is 14.4. The van der Waals surface area contributed by atoms with E-state index in [1.807, 2.05) is 43.1 Å². The topological polar surface area (TPSA) is 32.3 Å². The maximum Gasteiger partial charge on any atom is 0.242 e. The fraction of sp³-hybridized carbons (Fsp3) is 0.533. The van der Waals surface area contributed by atoms with Crippen LogP contribution in [0.1, 0.15) is 31.7 Å². The average molecular weight is 362 g/mol. The Labute approximate surface area is 135 Å². The Balaban J connectivity index is 0.00000200. The molecule has 1 aromatic carbocycles. The summed E-state index contributed by atoms with van der Waals surface area (Å²) in [6, 6.07) is 8.11. The molecule has 0 aliphatic carbocycles. The molecule has 0 spiro atoms. The molecule has 1 atom stereocenters. The summed E-state index contributed by atoms with van der Waals surface area (Å²) in [5.74, 6) is 0.190. The highest BCUT2D eigenvalue weighted by atomic mass is 79.9. The first-order valence-electron chi connectivity index (χ1n) is 6.76. The summed E-state index contributed by atoms with van der Waals surface area (Å²) in [5.41, 5.74) is 0.765. The van der Waals surface area contributed by atoms with Gasteiger partial charge < -0.3 is 10.2 Å². The maximum atomic E-state index is 12.5. The molecule has 3 nitrogen and oxygen atoms in total. The fourth-order valence-electron chi connectivity index (χ4n) is 2.60. The Morgan fingerprint density at radius 3 is 2.55 bits per heavy atom. The van der Waals surface area contributed by atoms with Crippen LogP contribution in [0.3, 0.4) is 0 Å². The van der Waals surface area contributed by atoms with Crippen molar-refractivity contribution >= 4 is 34.2 Å². The zero-order valence-corrected chi connectivity index (χ0v) is 14.4. The van der Waals surface area contributed by atoms with Crippen molar-refractivity contribution in [1.82, 2.24) is 10.2 Å². The highest BCUT2D eigenvalue weighted by molar-refractivity contribution is 9.10. The Morgan fingerprint density at radius 2 is 2.00 bits per heavy atom. The van der Waals surface area contributed by atoms with Gasteiger partial charge in [0.1, 0.15) is 0 Å². The molecule has 1 amide bonds. The summed E-state index contributed by atoms with van der Waals surface area (Å²) in [5, 5.41) is 3.37. The van der Waals surface area contributed by atoms with Crippen molar-refractivity contribution in [1.29, 1.82) is 0 Å². The first-order valence-corrected chi connectivity index (χ1v) is 7.56. The second kappa shape index (κ2) is 7.43. The number of nitrogens with one attached hydrogen (secondary N) is 1. The Hall–Kier alpha value is -0.580. The van der Waals surface area contributed by atoms with Crippen LogP contribution in [0.15, 0.2) is 28.7 Å². The molecular weight excluding hydrogens is 340 g/mol. The van der Waals surface area contributed by atoms with Gasteiger partial charge in [0.25, 0.3) is 0 Å². The van der Waals surface area contributed by atoms with Crippen LogP contribution in [0.2, 0.25) is 0 Å². The second-order valence-corrected chi connectivity index (χ2v) is 6.42. The summed E-state index contributed by atoms with van der Waals surface area (Å²) in [6.45, 7) is 3.62. The van der Waals surface area contributed by atoms with Crippen molar-refractivity contribution in [3.8, 4) is 0 Å². The van der Waals surface area contributed by atoms with Crippen LogP contribution in [-0.2, 0) is 11.3 Å². The third-order valence-corrected chi connectivity index (χ3v) is 4.30. The molecule has 1 fully saturated rings. The lowest BCUT2D eigenvalue weighted by molar-refractivity contribution is -0.137. The molecule has 1 saturated heterocycles. The van der Waals surface area contributed by atoms with Gasteiger partial charge in [-0.25, -0.2) is 0 Å². The molecular formula is C15H22BrClN2O.